The van der Waals surface area contributed by atoms with Crippen molar-refractivity contribution in [1.82, 2.24) is 0 Å². The van der Waals surface area contributed by atoms with Gasteiger partial charge in [-0.05, 0) is 13.8 Å². The van der Waals surface area contributed by atoms with Crippen LogP contribution < -0.4 is 0 Å². The fourth-order valence-corrected chi connectivity index (χ4v) is 7.15. The summed E-state index contributed by atoms with van der Waals surface area (Å²) in [6.07, 6.45) is 0. The third-order valence-electron chi connectivity index (χ3n) is 2.07. The molecule has 0 saturated carbocycles. The Labute approximate surface area is 91.4 Å². The normalized spacial score (nSPS) is 13.4. The first kappa shape index (κ1) is 13.6. The highest BCUT2D eigenvalue weighted by Crippen LogP contribution is 2.38. The number of hydrogen-bond donors (Lipinski definition) is 0. The minimum absolute atomic E-state index is 0.114. The summed E-state index contributed by atoms with van der Waals surface area (Å²) < 4.78 is 11.7. The van der Waals surface area contributed by atoms with Gasteiger partial charge in [-0.3, -0.25) is 0 Å². The lowest BCUT2D eigenvalue weighted by Crippen LogP contribution is -2.52. The molecule has 4 heteroatoms. The summed E-state index contributed by atoms with van der Waals surface area (Å²) in [6.45, 7) is 12.1. The predicted molar refractivity (Wildman–Crippen MR) is 62.5 cm³/mol. The molecule has 0 rings (SSSR count). The van der Waals surface area contributed by atoms with Gasteiger partial charge in [0.15, 0.2) is 0 Å². The summed E-state index contributed by atoms with van der Waals surface area (Å²) in [6, 6.07) is 0. The maximum absolute atomic E-state index is 5.85. The van der Waals surface area contributed by atoms with Crippen molar-refractivity contribution in [3.63, 3.8) is 0 Å². The van der Waals surface area contributed by atoms with Gasteiger partial charge in [0.1, 0.15) is 0 Å². The van der Waals surface area contributed by atoms with Gasteiger partial charge in [0, 0.05) is 23.2 Å². The van der Waals surface area contributed by atoms with Gasteiger partial charge in [-0.15, -0.1) is 0 Å². The molecule has 0 atom stereocenters. The standard InChI is InChI=1S/C9H21BrO2Si/c1-6-11-13(8-10,12-7-2)9(3,4)5/h6-8H2,1-5H3. The van der Waals surface area contributed by atoms with E-state index in [4.69, 9.17) is 8.85 Å². The predicted octanol–water partition coefficient (Wildman–Crippen LogP) is 3.24. The molecule has 0 bridgehead atoms. The topological polar surface area (TPSA) is 18.5 Å². The van der Waals surface area contributed by atoms with Crippen molar-refractivity contribution in [3.8, 4) is 0 Å². The largest absolute Gasteiger partial charge is 0.394 e. The van der Waals surface area contributed by atoms with Crippen molar-refractivity contribution in [1.29, 1.82) is 0 Å². The molecule has 0 N–H and O–H groups in total. The summed E-state index contributed by atoms with van der Waals surface area (Å²) in [5.41, 5.74) is 0. The van der Waals surface area contributed by atoms with Crippen LogP contribution in [-0.4, -0.2) is 26.7 Å². The molecular weight excluding hydrogens is 248 g/mol. The van der Waals surface area contributed by atoms with E-state index in [-0.39, 0.29) is 5.04 Å². The first-order valence-electron chi connectivity index (χ1n) is 4.77. The Balaban J connectivity index is 4.64. The average Bonchev–Trinajstić information content (AvgIpc) is 2.02. The molecule has 0 aromatic rings. The lowest BCUT2D eigenvalue weighted by atomic mass is 10.3. The fourth-order valence-electron chi connectivity index (χ4n) is 1.22. The van der Waals surface area contributed by atoms with Crippen LogP contribution in [0.2, 0.25) is 5.04 Å². The zero-order chi connectivity index (χ0) is 10.5. The second kappa shape index (κ2) is 5.49. The molecule has 13 heavy (non-hydrogen) atoms. The Morgan fingerprint density at radius 2 is 1.46 bits per heavy atom. The van der Waals surface area contributed by atoms with Crippen molar-refractivity contribution >= 4 is 24.5 Å². The van der Waals surface area contributed by atoms with Crippen LogP contribution in [-0.2, 0) is 8.85 Å². The molecule has 0 aromatic carbocycles. The number of halogens is 1. The van der Waals surface area contributed by atoms with Crippen LogP contribution in [0, 0.1) is 0 Å². The van der Waals surface area contributed by atoms with E-state index in [1.165, 1.54) is 0 Å². The van der Waals surface area contributed by atoms with Crippen molar-refractivity contribution in [3.05, 3.63) is 0 Å². The van der Waals surface area contributed by atoms with E-state index in [9.17, 15) is 0 Å². The van der Waals surface area contributed by atoms with Crippen molar-refractivity contribution in [2.45, 2.75) is 39.7 Å². The second-order valence-electron chi connectivity index (χ2n) is 4.00. The smallest absolute Gasteiger partial charge is 0.354 e. The van der Waals surface area contributed by atoms with Crippen molar-refractivity contribution < 1.29 is 8.85 Å². The first-order chi connectivity index (χ1) is 5.93. The molecule has 0 aliphatic heterocycles. The van der Waals surface area contributed by atoms with Crippen LogP contribution in [0.3, 0.4) is 0 Å². The minimum atomic E-state index is -2.05. The van der Waals surface area contributed by atoms with E-state index in [0.29, 0.717) is 0 Å². The Bertz CT molecular complexity index is 139. The van der Waals surface area contributed by atoms with Crippen LogP contribution in [0.5, 0.6) is 0 Å². The SMILES string of the molecule is CCO[Si](CBr)(OCC)C(C)(C)C. The molecule has 0 radical (unpaired) electrons. The minimum Gasteiger partial charge on any atom is -0.394 e. The molecule has 0 amide bonds. The quantitative estimate of drug-likeness (QED) is 0.563. The summed E-state index contributed by atoms with van der Waals surface area (Å²) in [7, 11) is -2.05. The highest BCUT2D eigenvalue weighted by molar-refractivity contribution is 9.09. The summed E-state index contributed by atoms with van der Waals surface area (Å²) in [5.74, 6) is 0. The molecule has 0 heterocycles. The Morgan fingerprint density at radius 3 is 1.62 bits per heavy atom. The Kier molecular flexibility index (Phi) is 5.75. The number of hydrogen-bond acceptors (Lipinski definition) is 2. The highest BCUT2D eigenvalue weighted by atomic mass is 79.9. The molecule has 2 nitrogen and oxygen atoms in total. The van der Waals surface area contributed by atoms with E-state index in [1.807, 2.05) is 13.8 Å². The van der Waals surface area contributed by atoms with E-state index in [2.05, 4.69) is 36.7 Å². The van der Waals surface area contributed by atoms with Crippen LogP contribution in [0.15, 0.2) is 0 Å². The molecule has 0 aliphatic rings. The monoisotopic (exact) mass is 268 g/mol. The molecule has 0 unspecified atom stereocenters. The van der Waals surface area contributed by atoms with Crippen LogP contribution in [0.25, 0.3) is 0 Å². The first-order valence-corrected chi connectivity index (χ1v) is 7.92. The molecule has 0 saturated heterocycles. The summed E-state index contributed by atoms with van der Waals surface area (Å²) in [4.78, 5) is 0.838. The Morgan fingerprint density at radius 1 is 1.08 bits per heavy atom. The number of alkyl halides is 1. The third-order valence-corrected chi connectivity index (χ3v) is 8.44. The van der Waals surface area contributed by atoms with Gasteiger partial charge in [-0.2, -0.15) is 0 Å². The maximum Gasteiger partial charge on any atom is 0.354 e. The number of rotatable bonds is 5. The fraction of sp³-hybridized carbons (Fsp3) is 1.00. The van der Waals surface area contributed by atoms with Gasteiger partial charge < -0.3 is 8.85 Å². The second-order valence-corrected chi connectivity index (χ2v) is 9.54. The van der Waals surface area contributed by atoms with Gasteiger partial charge in [0.25, 0.3) is 0 Å². The lowest BCUT2D eigenvalue weighted by Gasteiger charge is -2.39. The third kappa shape index (κ3) is 3.35. The average molecular weight is 269 g/mol. The van der Waals surface area contributed by atoms with E-state index >= 15 is 0 Å². The van der Waals surface area contributed by atoms with Gasteiger partial charge >= 0.3 is 8.56 Å². The zero-order valence-corrected chi connectivity index (χ0v) is 11.9. The molecular formula is C9H21BrO2Si. The van der Waals surface area contributed by atoms with E-state index in [0.717, 1.165) is 18.2 Å². The van der Waals surface area contributed by atoms with Crippen LogP contribution >= 0.6 is 15.9 Å². The van der Waals surface area contributed by atoms with Gasteiger partial charge in [0.05, 0.1) is 0 Å². The molecule has 0 fully saturated rings. The molecule has 0 spiro atoms. The van der Waals surface area contributed by atoms with Crippen LogP contribution in [0.1, 0.15) is 34.6 Å². The highest BCUT2D eigenvalue weighted by Gasteiger charge is 2.48. The Hall–Kier alpha value is 0.617. The maximum atomic E-state index is 5.85. The molecule has 0 aromatic heterocycles. The van der Waals surface area contributed by atoms with Gasteiger partial charge in [-0.25, -0.2) is 0 Å². The van der Waals surface area contributed by atoms with E-state index < -0.39 is 8.56 Å². The van der Waals surface area contributed by atoms with Crippen molar-refractivity contribution in [2.75, 3.05) is 18.2 Å². The van der Waals surface area contributed by atoms with Crippen molar-refractivity contribution in [2.24, 2.45) is 0 Å². The van der Waals surface area contributed by atoms with E-state index in [1.54, 1.807) is 0 Å². The van der Waals surface area contributed by atoms with Crippen LogP contribution in [0.4, 0.5) is 0 Å². The van der Waals surface area contributed by atoms with Gasteiger partial charge in [0.2, 0.25) is 0 Å². The van der Waals surface area contributed by atoms with Gasteiger partial charge in [-0.1, -0.05) is 36.7 Å². The molecule has 0 aliphatic carbocycles. The summed E-state index contributed by atoms with van der Waals surface area (Å²) >= 11 is 3.52. The summed E-state index contributed by atoms with van der Waals surface area (Å²) in [5, 5.41) is 0.114. The zero-order valence-electron chi connectivity index (χ0n) is 9.32. The molecule has 80 valence electrons. The lowest BCUT2D eigenvalue weighted by molar-refractivity contribution is 0.166.